The van der Waals surface area contributed by atoms with Gasteiger partial charge in [0.2, 0.25) is 5.91 Å². The highest BCUT2D eigenvalue weighted by atomic mass is 16.2. The van der Waals surface area contributed by atoms with Crippen LogP contribution in [0.1, 0.15) is 30.8 Å². The molecular formula is C13H19N3O. The molecule has 0 bridgehead atoms. The number of carbonyl (C=O) groups excluding carboxylic acids is 1. The predicted octanol–water partition coefficient (Wildman–Crippen LogP) is 1.85. The van der Waals surface area contributed by atoms with Gasteiger partial charge in [0.15, 0.2) is 0 Å². The van der Waals surface area contributed by atoms with E-state index in [-0.39, 0.29) is 12.5 Å². The molecule has 0 spiro atoms. The standard InChI is InChI=1S/C13H19N3O/c1-5-15(6-2)13(17)9-16-11(4)7-10(3)12(16)8-14/h7H,5-6,9H2,1-4H3. The van der Waals surface area contributed by atoms with Crippen molar-refractivity contribution in [2.45, 2.75) is 34.2 Å². The molecule has 0 unspecified atom stereocenters. The molecule has 0 aliphatic heterocycles. The summed E-state index contributed by atoms with van der Waals surface area (Å²) in [4.78, 5) is 13.8. The van der Waals surface area contributed by atoms with E-state index in [4.69, 9.17) is 5.26 Å². The van der Waals surface area contributed by atoms with Crippen molar-refractivity contribution in [1.82, 2.24) is 9.47 Å². The first-order chi connectivity index (χ1) is 8.04. The van der Waals surface area contributed by atoms with Gasteiger partial charge in [-0.3, -0.25) is 4.79 Å². The van der Waals surface area contributed by atoms with Crippen molar-refractivity contribution >= 4 is 5.91 Å². The zero-order valence-corrected chi connectivity index (χ0v) is 10.9. The number of aryl methyl sites for hydroxylation is 2. The summed E-state index contributed by atoms with van der Waals surface area (Å²) in [6.07, 6.45) is 0. The van der Waals surface area contributed by atoms with Gasteiger partial charge in [-0.25, -0.2) is 0 Å². The Morgan fingerprint density at radius 3 is 2.47 bits per heavy atom. The van der Waals surface area contributed by atoms with Gasteiger partial charge in [0.1, 0.15) is 18.3 Å². The summed E-state index contributed by atoms with van der Waals surface area (Å²) < 4.78 is 1.79. The first kappa shape index (κ1) is 13.3. The van der Waals surface area contributed by atoms with E-state index in [0.717, 1.165) is 11.3 Å². The predicted molar refractivity (Wildman–Crippen MR) is 66.5 cm³/mol. The molecule has 1 rings (SSSR count). The number of hydrogen-bond donors (Lipinski definition) is 0. The molecule has 4 nitrogen and oxygen atoms in total. The lowest BCUT2D eigenvalue weighted by atomic mass is 10.3. The second-order valence-corrected chi connectivity index (χ2v) is 4.08. The Morgan fingerprint density at radius 2 is 2.00 bits per heavy atom. The molecule has 0 atom stereocenters. The number of nitrogens with zero attached hydrogens (tertiary/aromatic N) is 3. The Kier molecular flexibility index (Phi) is 4.33. The number of likely N-dealkylation sites (N-methyl/N-ethyl adjacent to an activating group) is 1. The molecule has 4 heteroatoms. The lowest BCUT2D eigenvalue weighted by molar-refractivity contribution is -0.131. The van der Waals surface area contributed by atoms with Crippen molar-refractivity contribution in [3.63, 3.8) is 0 Å². The summed E-state index contributed by atoms with van der Waals surface area (Å²) in [6.45, 7) is 9.39. The third-order valence-corrected chi connectivity index (χ3v) is 3.01. The van der Waals surface area contributed by atoms with Gasteiger partial charge in [0, 0.05) is 18.8 Å². The molecule has 1 aromatic heterocycles. The van der Waals surface area contributed by atoms with Crippen LogP contribution in [0, 0.1) is 25.2 Å². The number of carbonyl (C=O) groups is 1. The first-order valence-corrected chi connectivity index (χ1v) is 5.89. The van der Waals surface area contributed by atoms with Crippen LogP contribution in [0.3, 0.4) is 0 Å². The number of aromatic nitrogens is 1. The Hall–Kier alpha value is -1.76. The van der Waals surface area contributed by atoms with Crippen LogP contribution in [-0.4, -0.2) is 28.5 Å². The first-order valence-electron chi connectivity index (χ1n) is 5.89. The summed E-state index contributed by atoms with van der Waals surface area (Å²) in [7, 11) is 0. The van der Waals surface area contributed by atoms with Gasteiger partial charge in [0.25, 0.3) is 0 Å². The summed E-state index contributed by atoms with van der Waals surface area (Å²) in [5.41, 5.74) is 2.47. The van der Waals surface area contributed by atoms with Crippen molar-refractivity contribution in [1.29, 1.82) is 5.26 Å². The van der Waals surface area contributed by atoms with E-state index < -0.39 is 0 Å². The average molecular weight is 233 g/mol. The largest absolute Gasteiger partial charge is 0.342 e. The van der Waals surface area contributed by atoms with Gasteiger partial charge in [-0.15, -0.1) is 0 Å². The number of amides is 1. The fourth-order valence-electron chi connectivity index (χ4n) is 2.01. The molecule has 0 fully saturated rings. The molecular weight excluding hydrogens is 214 g/mol. The van der Waals surface area contributed by atoms with Gasteiger partial charge in [-0.2, -0.15) is 5.26 Å². The van der Waals surface area contributed by atoms with E-state index in [9.17, 15) is 4.79 Å². The molecule has 0 aromatic carbocycles. The molecule has 92 valence electrons. The molecule has 0 radical (unpaired) electrons. The molecule has 0 saturated heterocycles. The highest BCUT2D eigenvalue weighted by molar-refractivity contribution is 5.76. The van der Waals surface area contributed by atoms with Crippen LogP contribution < -0.4 is 0 Å². The number of hydrogen-bond acceptors (Lipinski definition) is 2. The van der Waals surface area contributed by atoms with Crippen LogP contribution in [0.4, 0.5) is 0 Å². The molecule has 17 heavy (non-hydrogen) atoms. The van der Waals surface area contributed by atoms with Crippen LogP contribution in [0.25, 0.3) is 0 Å². The van der Waals surface area contributed by atoms with Crippen LogP contribution in [-0.2, 0) is 11.3 Å². The SMILES string of the molecule is CCN(CC)C(=O)Cn1c(C)cc(C)c1C#N. The Balaban J connectivity index is 2.96. The topological polar surface area (TPSA) is 49.0 Å². The quantitative estimate of drug-likeness (QED) is 0.796. The molecule has 0 aliphatic rings. The summed E-state index contributed by atoms with van der Waals surface area (Å²) in [5.74, 6) is 0.0604. The van der Waals surface area contributed by atoms with Crippen LogP contribution in [0.2, 0.25) is 0 Å². The minimum atomic E-state index is 0.0604. The van der Waals surface area contributed by atoms with E-state index in [0.29, 0.717) is 18.8 Å². The summed E-state index contributed by atoms with van der Waals surface area (Å²) in [5, 5.41) is 9.08. The van der Waals surface area contributed by atoms with Gasteiger partial charge >= 0.3 is 0 Å². The lowest BCUT2D eigenvalue weighted by Gasteiger charge is -2.19. The molecule has 0 aliphatic carbocycles. The monoisotopic (exact) mass is 233 g/mol. The normalized spacial score (nSPS) is 10.1. The third kappa shape index (κ3) is 2.68. The maximum Gasteiger partial charge on any atom is 0.242 e. The van der Waals surface area contributed by atoms with Crippen molar-refractivity contribution in [2.75, 3.05) is 13.1 Å². The van der Waals surface area contributed by atoms with Crippen molar-refractivity contribution in [3.05, 3.63) is 23.0 Å². The Morgan fingerprint density at radius 1 is 1.41 bits per heavy atom. The average Bonchev–Trinajstić information content (AvgIpc) is 2.55. The summed E-state index contributed by atoms with van der Waals surface area (Å²) in [6, 6.07) is 4.10. The number of rotatable bonds is 4. The van der Waals surface area contributed by atoms with Crippen LogP contribution in [0.15, 0.2) is 6.07 Å². The maximum atomic E-state index is 12.0. The highest BCUT2D eigenvalue weighted by Crippen LogP contribution is 2.14. The smallest absolute Gasteiger partial charge is 0.242 e. The minimum absolute atomic E-state index is 0.0604. The molecule has 1 heterocycles. The van der Waals surface area contributed by atoms with Gasteiger partial charge in [0.05, 0.1) is 0 Å². The molecule has 0 N–H and O–H groups in total. The van der Waals surface area contributed by atoms with Crippen LogP contribution in [0.5, 0.6) is 0 Å². The van der Waals surface area contributed by atoms with Crippen LogP contribution >= 0.6 is 0 Å². The van der Waals surface area contributed by atoms with E-state index in [1.165, 1.54) is 0 Å². The van der Waals surface area contributed by atoms with Crippen molar-refractivity contribution in [2.24, 2.45) is 0 Å². The second kappa shape index (κ2) is 5.53. The lowest BCUT2D eigenvalue weighted by Crippen LogP contribution is -2.33. The zero-order chi connectivity index (χ0) is 13.0. The Labute approximate surface area is 102 Å². The Bertz CT molecular complexity index is 450. The van der Waals surface area contributed by atoms with Gasteiger partial charge in [-0.05, 0) is 39.3 Å². The number of nitriles is 1. The minimum Gasteiger partial charge on any atom is -0.342 e. The van der Waals surface area contributed by atoms with E-state index in [1.54, 1.807) is 9.47 Å². The van der Waals surface area contributed by atoms with E-state index in [2.05, 4.69) is 6.07 Å². The zero-order valence-electron chi connectivity index (χ0n) is 10.9. The van der Waals surface area contributed by atoms with Gasteiger partial charge < -0.3 is 9.47 Å². The third-order valence-electron chi connectivity index (χ3n) is 3.01. The highest BCUT2D eigenvalue weighted by Gasteiger charge is 2.15. The van der Waals surface area contributed by atoms with Crippen molar-refractivity contribution in [3.8, 4) is 6.07 Å². The second-order valence-electron chi connectivity index (χ2n) is 4.08. The summed E-state index contributed by atoms with van der Waals surface area (Å²) >= 11 is 0. The van der Waals surface area contributed by atoms with E-state index >= 15 is 0 Å². The fourth-order valence-corrected chi connectivity index (χ4v) is 2.01. The van der Waals surface area contributed by atoms with Gasteiger partial charge in [-0.1, -0.05) is 0 Å². The van der Waals surface area contributed by atoms with Crippen molar-refractivity contribution < 1.29 is 4.79 Å². The maximum absolute atomic E-state index is 12.0. The molecule has 1 aromatic rings. The molecule has 1 amide bonds. The fraction of sp³-hybridized carbons (Fsp3) is 0.538. The van der Waals surface area contributed by atoms with E-state index in [1.807, 2.05) is 33.8 Å². The molecule has 0 saturated carbocycles.